The Morgan fingerprint density at radius 2 is 1.71 bits per heavy atom. The molecule has 0 aliphatic carbocycles. The number of para-hydroxylation sites is 1. The number of amides is 2. The number of hydrogen-bond acceptors (Lipinski definition) is 6. The fraction of sp³-hybridized carbons (Fsp3) is 0.273. The molecule has 0 aliphatic heterocycles. The van der Waals surface area contributed by atoms with E-state index in [0.717, 1.165) is 11.4 Å². The van der Waals surface area contributed by atoms with Crippen LogP contribution in [0.1, 0.15) is 33.5 Å². The van der Waals surface area contributed by atoms with Crippen LogP contribution in [0.25, 0.3) is 5.69 Å². The molecule has 3 aromatic rings. The van der Waals surface area contributed by atoms with Gasteiger partial charge in [-0.1, -0.05) is 23.4 Å². The van der Waals surface area contributed by atoms with E-state index in [1.54, 1.807) is 40.7 Å². The zero-order valence-electron chi connectivity index (χ0n) is 17.6. The predicted molar refractivity (Wildman–Crippen MR) is 124 cm³/mol. The quantitative estimate of drug-likeness (QED) is 0.421. The maximum Gasteiger partial charge on any atom is 0.273 e. The molecule has 3 N–H and O–H groups in total. The molecule has 9 heteroatoms. The van der Waals surface area contributed by atoms with Crippen molar-refractivity contribution in [3.63, 3.8) is 0 Å². The average Bonchev–Trinajstić information content (AvgIpc) is 3.21. The third kappa shape index (κ3) is 5.85. The minimum absolute atomic E-state index is 0.124. The van der Waals surface area contributed by atoms with Crippen LogP contribution in [0.5, 0.6) is 0 Å². The fourth-order valence-electron chi connectivity index (χ4n) is 2.99. The highest BCUT2D eigenvalue weighted by Gasteiger charge is 2.20. The van der Waals surface area contributed by atoms with Gasteiger partial charge in [0.25, 0.3) is 11.8 Å². The summed E-state index contributed by atoms with van der Waals surface area (Å²) in [7, 11) is 0. The lowest BCUT2D eigenvalue weighted by Gasteiger charge is -2.09. The normalized spacial score (nSPS) is 10.5. The first kappa shape index (κ1) is 22.4. The Morgan fingerprint density at radius 1 is 0.968 bits per heavy atom. The van der Waals surface area contributed by atoms with E-state index in [2.05, 4.69) is 26.3 Å². The van der Waals surface area contributed by atoms with Crippen molar-refractivity contribution in [2.45, 2.75) is 12.7 Å². The second-order valence-electron chi connectivity index (χ2n) is 6.68. The minimum Gasteiger partial charge on any atom is -0.383 e. The number of rotatable bonds is 10. The molecular weight excluding hydrogens is 412 g/mol. The largest absolute Gasteiger partial charge is 0.383 e. The van der Waals surface area contributed by atoms with E-state index >= 15 is 0 Å². The van der Waals surface area contributed by atoms with Gasteiger partial charge in [-0.15, -0.1) is 5.10 Å². The number of aromatic nitrogens is 3. The van der Waals surface area contributed by atoms with Crippen molar-refractivity contribution in [1.82, 2.24) is 25.6 Å². The summed E-state index contributed by atoms with van der Waals surface area (Å²) in [6.07, 6.45) is 1.96. The molecule has 0 saturated carbocycles. The molecule has 1 heterocycles. The van der Waals surface area contributed by atoms with Crippen molar-refractivity contribution in [3.05, 3.63) is 71.5 Å². The van der Waals surface area contributed by atoms with Gasteiger partial charge in [-0.25, -0.2) is 4.68 Å². The molecule has 8 nitrogen and oxygen atoms in total. The highest BCUT2D eigenvalue weighted by atomic mass is 32.2. The van der Waals surface area contributed by atoms with Crippen LogP contribution in [-0.4, -0.2) is 52.7 Å². The summed E-state index contributed by atoms with van der Waals surface area (Å²) >= 11 is 1.58. The van der Waals surface area contributed by atoms with Crippen LogP contribution in [0.2, 0.25) is 0 Å². The molecule has 0 unspecified atom stereocenters. The van der Waals surface area contributed by atoms with Crippen LogP contribution < -0.4 is 16.0 Å². The van der Waals surface area contributed by atoms with E-state index < -0.39 is 0 Å². The van der Waals surface area contributed by atoms with Gasteiger partial charge in [-0.2, -0.15) is 11.8 Å². The average molecular weight is 439 g/mol. The number of thioether (sulfide) groups is 1. The molecule has 3 rings (SSSR count). The van der Waals surface area contributed by atoms with Crippen LogP contribution in [-0.2, 0) is 5.75 Å². The fourth-order valence-corrected chi connectivity index (χ4v) is 3.52. The highest BCUT2D eigenvalue weighted by Crippen LogP contribution is 2.18. The Labute approximate surface area is 185 Å². The Kier molecular flexibility index (Phi) is 8.05. The van der Waals surface area contributed by atoms with Crippen molar-refractivity contribution in [2.75, 3.05) is 31.2 Å². The first-order valence-electron chi connectivity index (χ1n) is 10.0. The van der Waals surface area contributed by atoms with Crippen molar-refractivity contribution in [2.24, 2.45) is 0 Å². The molecule has 0 bridgehead atoms. The van der Waals surface area contributed by atoms with Gasteiger partial charge in [0.15, 0.2) is 5.69 Å². The minimum atomic E-state index is -0.260. The Morgan fingerprint density at radius 3 is 2.39 bits per heavy atom. The standard InChI is InChI=1S/C22H26N6O2S/c1-3-23-21(29)16-9-11-18(12-10-16)28-19(15-31-2)20(26-27-28)22(30)25-14-13-24-17-7-5-4-6-8-17/h4-12,24H,3,13-15H2,1-2H3,(H,23,29)(H,25,30). The summed E-state index contributed by atoms with van der Waals surface area (Å²) in [6, 6.07) is 16.9. The van der Waals surface area contributed by atoms with Crippen LogP contribution in [0.4, 0.5) is 5.69 Å². The first-order chi connectivity index (χ1) is 15.1. The van der Waals surface area contributed by atoms with E-state index in [1.807, 2.05) is 43.5 Å². The molecule has 0 aliphatic rings. The van der Waals surface area contributed by atoms with Crippen molar-refractivity contribution >= 4 is 29.3 Å². The zero-order chi connectivity index (χ0) is 22.1. The maximum absolute atomic E-state index is 12.7. The predicted octanol–water partition coefficient (Wildman–Crippen LogP) is 2.72. The summed E-state index contributed by atoms with van der Waals surface area (Å²) < 4.78 is 1.65. The van der Waals surface area contributed by atoms with Gasteiger partial charge in [0, 0.05) is 36.6 Å². The monoisotopic (exact) mass is 438 g/mol. The van der Waals surface area contributed by atoms with E-state index in [9.17, 15) is 9.59 Å². The van der Waals surface area contributed by atoms with Crippen molar-refractivity contribution in [3.8, 4) is 5.69 Å². The van der Waals surface area contributed by atoms with E-state index in [-0.39, 0.29) is 11.8 Å². The molecule has 0 radical (unpaired) electrons. The lowest BCUT2D eigenvalue weighted by atomic mass is 10.2. The number of anilines is 1. The molecule has 162 valence electrons. The molecule has 1 aromatic heterocycles. The van der Waals surface area contributed by atoms with Crippen LogP contribution in [0.3, 0.4) is 0 Å². The number of carbonyl (C=O) groups is 2. The summed E-state index contributed by atoms with van der Waals surface area (Å²) in [5.74, 6) is 0.195. The molecule has 2 amide bonds. The van der Waals surface area contributed by atoms with Gasteiger partial charge < -0.3 is 16.0 Å². The first-order valence-corrected chi connectivity index (χ1v) is 11.4. The van der Waals surface area contributed by atoms with Gasteiger partial charge in [0.05, 0.1) is 11.4 Å². The summed E-state index contributed by atoms with van der Waals surface area (Å²) in [5.41, 5.74) is 3.34. The van der Waals surface area contributed by atoms with Crippen LogP contribution in [0, 0.1) is 0 Å². The molecule has 0 saturated heterocycles. The van der Waals surface area contributed by atoms with Gasteiger partial charge in [-0.05, 0) is 49.6 Å². The third-order valence-electron chi connectivity index (χ3n) is 4.48. The second-order valence-corrected chi connectivity index (χ2v) is 7.55. The lowest BCUT2D eigenvalue weighted by molar-refractivity contribution is 0.0944. The maximum atomic E-state index is 12.7. The van der Waals surface area contributed by atoms with Crippen molar-refractivity contribution < 1.29 is 9.59 Å². The molecule has 2 aromatic carbocycles. The van der Waals surface area contributed by atoms with Gasteiger partial charge in [-0.3, -0.25) is 9.59 Å². The zero-order valence-corrected chi connectivity index (χ0v) is 18.4. The highest BCUT2D eigenvalue weighted by molar-refractivity contribution is 7.97. The van der Waals surface area contributed by atoms with Crippen molar-refractivity contribution in [1.29, 1.82) is 0 Å². The second kappa shape index (κ2) is 11.2. The summed E-state index contributed by atoms with van der Waals surface area (Å²) in [5, 5.41) is 17.2. The number of carbonyl (C=O) groups excluding carboxylic acids is 2. The van der Waals surface area contributed by atoms with E-state index in [4.69, 9.17) is 0 Å². The third-order valence-corrected chi connectivity index (χ3v) is 5.05. The van der Waals surface area contributed by atoms with E-state index in [0.29, 0.717) is 42.3 Å². The number of benzene rings is 2. The Hall–Kier alpha value is -3.33. The molecular formula is C22H26N6O2S. The Bertz CT molecular complexity index is 1000. The number of hydrogen-bond donors (Lipinski definition) is 3. The van der Waals surface area contributed by atoms with Crippen LogP contribution in [0.15, 0.2) is 54.6 Å². The van der Waals surface area contributed by atoms with E-state index in [1.165, 1.54) is 0 Å². The summed E-state index contributed by atoms with van der Waals surface area (Å²) in [4.78, 5) is 24.7. The lowest BCUT2D eigenvalue weighted by Crippen LogP contribution is -2.29. The molecule has 31 heavy (non-hydrogen) atoms. The summed E-state index contributed by atoms with van der Waals surface area (Å²) in [6.45, 7) is 3.51. The van der Waals surface area contributed by atoms with Crippen LogP contribution >= 0.6 is 11.8 Å². The topological polar surface area (TPSA) is 101 Å². The van der Waals surface area contributed by atoms with Gasteiger partial charge >= 0.3 is 0 Å². The molecule has 0 fully saturated rings. The molecule has 0 spiro atoms. The van der Waals surface area contributed by atoms with Gasteiger partial charge in [0.1, 0.15) is 0 Å². The smallest absolute Gasteiger partial charge is 0.273 e. The molecule has 0 atom stereocenters. The SMILES string of the molecule is CCNC(=O)c1ccc(-n2nnc(C(=O)NCCNc3ccccc3)c2CSC)cc1. The van der Waals surface area contributed by atoms with Gasteiger partial charge in [0.2, 0.25) is 0 Å². The number of nitrogens with one attached hydrogen (secondary N) is 3. The Balaban J connectivity index is 1.68. The number of nitrogens with zero attached hydrogens (tertiary/aromatic N) is 3.